The number of unbranched alkanes of at least 4 members (excludes halogenated alkanes) is 14. The predicted molar refractivity (Wildman–Crippen MR) is 226 cm³/mol. The summed E-state index contributed by atoms with van der Waals surface area (Å²) in [5, 5.41) is 6.28. The fraction of sp³-hybridized carbons (Fsp3) is 0.714. The lowest BCUT2D eigenvalue weighted by atomic mass is 10.0. The van der Waals surface area contributed by atoms with Gasteiger partial charge in [0.1, 0.15) is 0 Å². The Hall–Kier alpha value is -2.46. The van der Waals surface area contributed by atoms with Crippen molar-refractivity contribution < 1.29 is 19.2 Å². The van der Waals surface area contributed by atoms with Gasteiger partial charge in [0, 0.05) is 76.8 Å². The summed E-state index contributed by atoms with van der Waals surface area (Å²) >= 11 is 0. The molecule has 0 saturated heterocycles. The Morgan fingerprint density at radius 3 is 1.15 bits per heavy atom. The molecule has 2 N–H and O–H groups in total. The molecule has 0 rings (SSSR count). The summed E-state index contributed by atoms with van der Waals surface area (Å²) in [6.07, 6.45) is 34.2. The highest BCUT2D eigenvalue weighted by atomic mass is 33.1. The van der Waals surface area contributed by atoms with E-state index in [1.165, 1.54) is 64.2 Å². The van der Waals surface area contributed by atoms with Crippen LogP contribution < -0.4 is 10.6 Å². The molecule has 10 heteroatoms. The van der Waals surface area contributed by atoms with Crippen LogP contribution in [0.1, 0.15) is 155 Å². The second-order valence-corrected chi connectivity index (χ2v) is 16.5. The zero-order valence-electron chi connectivity index (χ0n) is 33.3. The summed E-state index contributed by atoms with van der Waals surface area (Å²) in [7, 11) is 7.22. The first-order chi connectivity index (χ1) is 25.1. The first kappa shape index (κ1) is 49.5. The van der Waals surface area contributed by atoms with Crippen molar-refractivity contribution in [2.45, 2.75) is 167 Å². The number of amides is 4. The molecule has 0 aromatic rings. The van der Waals surface area contributed by atoms with E-state index >= 15 is 0 Å². The van der Waals surface area contributed by atoms with Crippen molar-refractivity contribution in [2.24, 2.45) is 0 Å². The monoisotopic (exact) mass is 763 g/mol. The molecule has 2 atom stereocenters. The highest BCUT2D eigenvalue weighted by molar-refractivity contribution is 8.76. The molecule has 0 radical (unpaired) electrons. The second-order valence-electron chi connectivity index (χ2n) is 13.9. The van der Waals surface area contributed by atoms with Crippen molar-refractivity contribution in [3.05, 3.63) is 49.9 Å². The number of rotatable bonds is 35. The van der Waals surface area contributed by atoms with E-state index in [-0.39, 0.29) is 35.7 Å². The highest BCUT2D eigenvalue weighted by Gasteiger charge is 2.14. The molecule has 4 amide bonds. The van der Waals surface area contributed by atoms with Crippen LogP contribution in [0.15, 0.2) is 49.9 Å². The largest absolute Gasteiger partial charge is 0.353 e. The zero-order valence-corrected chi connectivity index (χ0v) is 35.0. The zero-order chi connectivity index (χ0) is 38.7. The first-order valence-electron chi connectivity index (χ1n) is 20.0. The summed E-state index contributed by atoms with van der Waals surface area (Å²) in [4.78, 5) is 51.3. The number of nitrogens with zero attached hydrogens (tertiary/aromatic N) is 2. The van der Waals surface area contributed by atoms with E-state index in [1.54, 1.807) is 45.2 Å². The number of nitrogens with one attached hydrogen (secondary N) is 2. The van der Waals surface area contributed by atoms with Gasteiger partial charge in [0.25, 0.3) is 0 Å². The van der Waals surface area contributed by atoms with Gasteiger partial charge in [-0.2, -0.15) is 0 Å². The third-order valence-corrected chi connectivity index (χ3v) is 11.4. The minimum atomic E-state index is 0.0234. The maximum Gasteiger partial charge on any atom is 0.226 e. The summed E-state index contributed by atoms with van der Waals surface area (Å²) in [6.45, 7) is 10.6. The van der Waals surface area contributed by atoms with Crippen molar-refractivity contribution in [2.75, 3.05) is 25.6 Å². The fourth-order valence-electron chi connectivity index (χ4n) is 5.83. The van der Waals surface area contributed by atoms with Crippen LogP contribution in [0.5, 0.6) is 0 Å². The summed E-state index contributed by atoms with van der Waals surface area (Å²) < 4.78 is 0. The number of carbonyl (C=O) groups excluding carboxylic acids is 4. The standard InChI is InChI=1S/C42H74N4O4S2/c1-7-9-27-33-45(5)41(49)31-25-21-17-13-11-15-19-23-29-39(43-37(3)47)35-51-52-36-40(44-38(4)48)30-24-20-16-12-14-18-22-26-32-42(50)46(6)34-28-10-8-2/h7-8,27-28,33-34,39-40H,1-2,9-26,29-32,35-36H2,3-6H3,(H,43,47)(H,44,48)/b33-27+,34-28+/t39-,40?/m1/s1. The molecule has 0 saturated carbocycles. The Morgan fingerprint density at radius 1 is 0.538 bits per heavy atom. The molecular weight excluding hydrogens is 689 g/mol. The molecule has 298 valence electrons. The average molecular weight is 763 g/mol. The van der Waals surface area contributed by atoms with Crippen LogP contribution >= 0.6 is 21.6 Å². The third-order valence-electron chi connectivity index (χ3n) is 8.87. The van der Waals surface area contributed by atoms with Crippen LogP contribution in [0.3, 0.4) is 0 Å². The Labute approximate surface area is 326 Å². The maximum absolute atomic E-state index is 12.2. The summed E-state index contributed by atoms with van der Waals surface area (Å²) in [6, 6.07) is 0.339. The van der Waals surface area contributed by atoms with E-state index in [0.717, 1.165) is 75.7 Å². The van der Waals surface area contributed by atoms with Gasteiger partial charge < -0.3 is 20.4 Å². The van der Waals surface area contributed by atoms with Crippen LogP contribution in [0.2, 0.25) is 0 Å². The Kier molecular flexibility index (Phi) is 33.9. The topological polar surface area (TPSA) is 98.8 Å². The minimum absolute atomic E-state index is 0.0234. The molecule has 0 aliphatic rings. The lowest BCUT2D eigenvalue weighted by molar-refractivity contribution is -0.128. The number of allylic oxidation sites excluding steroid dienone is 4. The van der Waals surface area contributed by atoms with Gasteiger partial charge >= 0.3 is 0 Å². The molecule has 8 nitrogen and oxygen atoms in total. The molecule has 0 spiro atoms. The fourth-order valence-corrected chi connectivity index (χ4v) is 8.42. The van der Waals surface area contributed by atoms with E-state index in [0.29, 0.717) is 12.8 Å². The quantitative estimate of drug-likeness (QED) is 0.0379. The van der Waals surface area contributed by atoms with Gasteiger partial charge in [0.05, 0.1) is 0 Å². The molecule has 1 unspecified atom stereocenters. The molecule has 52 heavy (non-hydrogen) atoms. The van der Waals surface area contributed by atoms with Crippen molar-refractivity contribution in [1.82, 2.24) is 20.4 Å². The second kappa shape index (κ2) is 35.6. The normalized spacial score (nSPS) is 12.5. The number of hydrogen-bond donors (Lipinski definition) is 2. The molecule has 0 heterocycles. The van der Waals surface area contributed by atoms with Crippen LogP contribution in [0, 0.1) is 0 Å². The van der Waals surface area contributed by atoms with E-state index < -0.39 is 0 Å². The van der Waals surface area contributed by atoms with E-state index in [1.807, 2.05) is 50.8 Å². The van der Waals surface area contributed by atoms with Gasteiger partial charge in [0.15, 0.2) is 0 Å². The van der Waals surface area contributed by atoms with E-state index in [9.17, 15) is 19.2 Å². The van der Waals surface area contributed by atoms with Crippen LogP contribution in [-0.2, 0) is 19.2 Å². The van der Waals surface area contributed by atoms with E-state index in [4.69, 9.17) is 0 Å². The highest BCUT2D eigenvalue weighted by Crippen LogP contribution is 2.26. The summed E-state index contributed by atoms with van der Waals surface area (Å²) in [5.74, 6) is 2.12. The molecule has 0 aromatic heterocycles. The van der Waals surface area contributed by atoms with Gasteiger partial charge in [-0.1, -0.05) is 136 Å². The van der Waals surface area contributed by atoms with Crippen LogP contribution in [0.25, 0.3) is 0 Å². The lowest BCUT2D eigenvalue weighted by Crippen LogP contribution is -2.35. The molecule has 0 aliphatic heterocycles. The smallest absolute Gasteiger partial charge is 0.226 e. The predicted octanol–water partition coefficient (Wildman–Crippen LogP) is 10.3. The summed E-state index contributed by atoms with van der Waals surface area (Å²) in [5.41, 5.74) is 0. The molecule has 0 aromatic carbocycles. The van der Waals surface area contributed by atoms with Crippen LogP contribution in [0.4, 0.5) is 0 Å². The van der Waals surface area contributed by atoms with Gasteiger partial charge in [-0.3, -0.25) is 19.2 Å². The van der Waals surface area contributed by atoms with E-state index in [2.05, 4.69) is 23.8 Å². The molecule has 0 aliphatic carbocycles. The third kappa shape index (κ3) is 32.2. The van der Waals surface area contributed by atoms with Crippen molar-refractivity contribution in [1.29, 1.82) is 0 Å². The average Bonchev–Trinajstić information content (AvgIpc) is 3.10. The molecular formula is C42H74N4O4S2. The van der Waals surface area contributed by atoms with Gasteiger partial charge in [-0.05, 0) is 38.5 Å². The Bertz CT molecular complexity index is 955. The van der Waals surface area contributed by atoms with Gasteiger partial charge in [-0.15, -0.1) is 13.2 Å². The Balaban J connectivity index is 4.06. The first-order valence-corrected chi connectivity index (χ1v) is 22.4. The number of hydrogen-bond acceptors (Lipinski definition) is 6. The van der Waals surface area contributed by atoms with Gasteiger partial charge in [0.2, 0.25) is 23.6 Å². The maximum atomic E-state index is 12.2. The lowest BCUT2D eigenvalue weighted by Gasteiger charge is -2.19. The van der Waals surface area contributed by atoms with Crippen LogP contribution in [-0.4, -0.2) is 71.1 Å². The Morgan fingerprint density at radius 2 is 0.846 bits per heavy atom. The number of carbonyl (C=O) groups is 4. The van der Waals surface area contributed by atoms with Crippen molar-refractivity contribution in [3.63, 3.8) is 0 Å². The SMILES string of the molecule is C=CC/C=C/N(C)C(=O)CCCCCCCCCCC(CSSC[C@@H](CCCCCCCCCCC(=O)N(C)/C=C/CC=C)NC(C)=O)NC(C)=O. The minimum Gasteiger partial charge on any atom is -0.353 e. The van der Waals surface area contributed by atoms with Crippen molar-refractivity contribution >= 4 is 45.2 Å². The molecule has 0 bridgehead atoms. The van der Waals surface area contributed by atoms with Crippen molar-refractivity contribution in [3.8, 4) is 0 Å². The van der Waals surface area contributed by atoms with Gasteiger partial charge in [-0.25, -0.2) is 0 Å². The molecule has 0 fully saturated rings.